The van der Waals surface area contributed by atoms with E-state index >= 15 is 0 Å². The summed E-state index contributed by atoms with van der Waals surface area (Å²) in [6.45, 7) is 4.42. The number of rotatable bonds is 6. The Kier molecular flexibility index (Phi) is 6.00. The lowest BCUT2D eigenvalue weighted by Gasteiger charge is -2.31. The second kappa shape index (κ2) is 8.82. The van der Waals surface area contributed by atoms with Gasteiger partial charge in [0.15, 0.2) is 5.13 Å². The smallest absolute Gasteiger partial charge is 0.224 e. The number of hydrogen-bond donors (Lipinski definition) is 1. The van der Waals surface area contributed by atoms with Crippen LogP contribution < -0.4 is 15.0 Å². The Balaban J connectivity index is 1.35. The lowest BCUT2D eigenvalue weighted by molar-refractivity contribution is -0.125. The Morgan fingerprint density at radius 2 is 2.17 bits per heavy atom. The number of ether oxygens (including phenoxy) is 1. The molecule has 1 saturated heterocycles. The molecule has 1 amide bonds. The zero-order valence-electron chi connectivity index (χ0n) is 17.0. The molecular formula is C23H27N3O2S. The molecule has 1 aliphatic rings. The molecule has 6 heteroatoms. The molecule has 152 valence electrons. The zero-order chi connectivity index (χ0) is 20.2. The van der Waals surface area contributed by atoms with Gasteiger partial charge >= 0.3 is 0 Å². The molecule has 1 aromatic heterocycles. The Morgan fingerprint density at radius 3 is 3.03 bits per heavy atom. The molecular weight excluding hydrogens is 382 g/mol. The topological polar surface area (TPSA) is 54.5 Å². The van der Waals surface area contributed by atoms with Crippen LogP contribution in [0.4, 0.5) is 5.13 Å². The van der Waals surface area contributed by atoms with Crippen molar-refractivity contribution in [1.82, 2.24) is 10.3 Å². The molecule has 0 saturated carbocycles. The van der Waals surface area contributed by atoms with E-state index in [0.29, 0.717) is 6.54 Å². The highest BCUT2D eigenvalue weighted by Crippen LogP contribution is 2.32. The number of methoxy groups -OCH3 is 1. The van der Waals surface area contributed by atoms with Crippen LogP contribution in [0.2, 0.25) is 0 Å². The fraction of sp³-hybridized carbons (Fsp3) is 0.391. The highest BCUT2D eigenvalue weighted by Gasteiger charge is 2.27. The number of amides is 1. The molecule has 1 atom stereocenters. The number of piperidine rings is 1. The SMILES string of the molecule is COc1ccccc1CCNC(=O)C1CCCN(c2nc3ccc(C)cc3s2)C1. The number of aryl methyl sites for hydroxylation is 1. The first-order valence-electron chi connectivity index (χ1n) is 10.2. The van der Waals surface area contributed by atoms with E-state index in [0.717, 1.165) is 54.3 Å². The Hall–Kier alpha value is -2.60. The summed E-state index contributed by atoms with van der Waals surface area (Å²) in [6, 6.07) is 14.3. The van der Waals surface area contributed by atoms with Gasteiger partial charge in [-0.05, 0) is 55.5 Å². The molecule has 1 aliphatic heterocycles. The summed E-state index contributed by atoms with van der Waals surface area (Å²) in [7, 11) is 1.68. The molecule has 29 heavy (non-hydrogen) atoms. The van der Waals surface area contributed by atoms with Gasteiger partial charge in [-0.2, -0.15) is 0 Å². The maximum atomic E-state index is 12.8. The molecule has 0 bridgehead atoms. The van der Waals surface area contributed by atoms with Gasteiger partial charge in [-0.25, -0.2) is 4.98 Å². The van der Waals surface area contributed by atoms with Crippen LogP contribution in [0.15, 0.2) is 42.5 Å². The second-order valence-corrected chi connectivity index (χ2v) is 8.61. The minimum Gasteiger partial charge on any atom is -0.496 e. The summed E-state index contributed by atoms with van der Waals surface area (Å²) >= 11 is 1.72. The summed E-state index contributed by atoms with van der Waals surface area (Å²) in [5.74, 6) is 1.02. The summed E-state index contributed by atoms with van der Waals surface area (Å²) < 4.78 is 6.60. The average molecular weight is 410 g/mol. The van der Waals surface area contributed by atoms with Crippen LogP contribution >= 0.6 is 11.3 Å². The summed E-state index contributed by atoms with van der Waals surface area (Å²) in [4.78, 5) is 19.8. The van der Waals surface area contributed by atoms with Crippen LogP contribution in [-0.4, -0.2) is 37.6 Å². The number of hydrogen-bond acceptors (Lipinski definition) is 5. The minimum atomic E-state index is 0.00941. The van der Waals surface area contributed by atoms with Crippen molar-refractivity contribution in [3.05, 3.63) is 53.6 Å². The molecule has 0 spiro atoms. The number of anilines is 1. The van der Waals surface area contributed by atoms with Gasteiger partial charge in [0, 0.05) is 19.6 Å². The fourth-order valence-corrected chi connectivity index (χ4v) is 4.99. The number of thiazole rings is 1. The number of para-hydroxylation sites is 1. The molecule has 1 unspecified atom stereocenters. The molecule has 2 aromatic carbocycles. The van der Waals surface area contributed by atoms with E-state index in [1.807, 2.05) is 24.3 Å². The highest BCUT2D eigenvalue weighted by molar-refractivity contribution is 7.22. The third-order valence-electron chi connectivity index (χ3n) is 5.48. The lowest BCUT2D eigenvalue weighted by Crippen LogP contribution is -2.43. The maximum absolute atomic E-state index is 12.8. The zero-order valence-corrected chi connectivity index (χ0v) is 17.8. The van der Waals surface area contributed by atoms with Gasteiger partial charge in [-0.3, -0.25) is 4.79 Å². The quantitative estimate of drug-likeness (QED) is 0.663. The first-order valence-corrected chi connectivity index (χ1v) is 11.0. The van der Waals surface area contributed by atoms with Gasteiger partial charge in [-0.15, -0.1) is 0 Å². The molecule has 5 nitrogen and oxygen atoms in total. The van der Waals surface area contributed by atoms with Crippen molar-refractivity contribution in [1.29, 1.82) is 0 Å². The number of carbonyl (C=O) groups excluding carboxylic acids is 1. The molecule has 1 fully saturated rings. The van der Waals surface area contributed by atoms with Gasteiger partial charge in [0.25, 0.3) is 0 Å². The normalized spacial score (nSPS) is 16.8. The molecule has 0 radical (unpaired) electrons. The van der Waals surface area contributed by atoms with E-state index in [1.54, 1.807) is 18.4 Å². The van der Waals surface area contributed by atoms with Gasteiger partial charge in [-0.1, -0.05) is 35.6 Å². The van der Waals surface area contributed by atoms with E-state index in [4.69, 9.17) is 9.72 Å². The molecule has 3 aromatic rings. The van der Waals surface area contributed by atoms with E-state index in [1.165, 1.54) is 10.3 Å². The predicted molar refractivity (Wildman–Crippen MR) is 119 cm³/mol. The number of fused-ring (bicyclic) bond motifs is 1. The average Bonchev–Trinajstić information content (AvgIpc) is 3.17. The number of nitrogens with zero attached hydrogens (tertiary/aromatic N) is 2. The fourth-order valence-electron chi connectivity index (χ4n) is 3.89. The highest BCUT2D eigenvalue weighted by atomic mass is 32.1. The van der Waals surface area contributed by atoms with Crippen LogP contribution in [0.1, 0.15) is 24.0 Å². The van der Waals surface area contributed by atoms with Gasteiger partial charge in [0.1, 0.15) is 5.75 Å². The molecule has 4 rings (SSSR count). The van der Waals surface area contributed by atoms with Crippen LogP contribution in [-0.2, 0) is 11.2 Å². The molecule has 1 N–H and O–H groups in total. The van der Waals surface area contributed by atoms with E-state index in [2.05, 4.69) is 35.3 Å². The van der Waals surface area contributed by atoms with Crippen molar-refractivity contribution < 1.29 is 9.53 Å². The van der Waals surface area contributed by atoms with Crippen LogP contribution in [0.5, 0.6) is 5.75 Å². The summed E-state index contributed by atoms with van der Waals surface area (Å²) in [6.07, 6.45) is 2.71. The Labute approximate surface area is 175 Å². The third kappa shape index (κ3) is 4.53. The first-order chi connectivity index (χ1) is 14.1. The van der Waals surface area contributed by atoms with E-state index in [9.17, 15) is 4.79 Å². The van der Waals surface area contributed by atoms with Crippen LogP contribution in [0.3, 0.4) is 0 Å². The maximum Gasteiger partial charge on any atom is 0.224 e. The third-order valence-corrected chi connectivity index (χ3v) is 6.56. The van der Waals surface area contributed by atoms with Crippen molar-refractivity contribution in [3.63, 3.8) is 0 Å². The lowest BCUT2D eigenvalue weighted by atomic mass is 9.97. The summed E-state index contributed by atoms with van der Waals surface area (Å²) in [5.41, 5.74) is 3.41. The van der Waals surface area contributed by atoms with Crippen molar-refractivity contribution in [2.75, 3.05) is 31.6 Å². The van der Waals surface area contributed by atoms with Crippen molar-refractivity contribution >= 4 is 32.6 Å². The summed E-state index contributed by atoms with van der Waals surface area (Å²) in [5, 5.41) is 4.15. The van der Waals surface area contributed by atoms with Crippen LogP contribution in [0.25, 0.3) is 10.2 Å². The standard InChI is InChI=1S/C23H27N3O2S/c1-16-9-10-19-21(14-16)29-23(25-19)26-13-5-7-18(15-26)22(27)24-12-11-17-6-3-4-8-20(17)28-2/h3-4,6,8-10,14,18H,5,7,11-13,15H2,1-2H3,(H,24,27). The van der Waals surface area contributed by atoms with Gasteiger partial charge in [0.05, 0.1) is 23.2 Å². The van der Waals surface area contributed by atoms with Gasteiger partial charge in [0.2, 0.25) is 5.91 Å². The number of aromatic nitrogens is 1. The number of carbonyl (C=O) groups is 1. The number of benzene rings is 2. The van der Waals surface area contributed by atoms with Crippen molar-refractivity contribution in [2.24, 2.45) is 5.92 Å². The second-order valence-electron chi connectivity index (χ2n) is 7.61. The first kappa shape index (κ1) is 19.7. The Bertz CT molecular complexity index is 1000. The van der Waals surface area contributed by atoms with Crippen molar-refractivity contribution in [2.45, 2.75) is 26.2 Å². The number of nitrogens with one attached hydrogen (secondary N) is 1. The minimum absolute atomic E-state index is 0.00941. The largest absolute Gasteiger partial charge is 0.496 e. The van der Waals surface area contributed by atoms with Crippen LogP contribution in [0, 0.1) is 12.8 Å². The monoisotopic (exact) mass is 409 g/mol. The predicted octanol–water partition coefficient (Wildman–Crippen LogP) is 4.19. The van der Waals surface area contributed by atoms with Gasteiger partial charge < -0.3 is 15.0 Å². The van der Waals surface area contributed by atoms with E-state index in [-0.39, 0.29) is 11.8 Å². The van der Waals surface area contributed by atoms with Crippen molar-refractivity contribution in [3.8, 4) is 5.75 Å². The Morgan fingerprint density at radius 1 is 1.31 bits per heavy atom. The molecule has 0 aliphatic carbocycles. The molecule has 2 heterocycles. The van der Waals surface area contributed by atoms with E-state index < -0.39 is 0 Å².